The van der Waals surface area contributed by atoms with Gasteiger partial charge in [0, 0.05) is 30.9 Å². The Bertz CT molecular complexity index is 1340. The number of rotatable bonds is 4. The van der Waals surface area contributed by atoms with Crippen molar-refractivity contribution in [2.45, 2.75) is 6.92 Å². The molecule has 1 aromatic heterocycles. The summed E-state index contributed by atoms with van der Waals surface area (Å²) in [7, 11) is 3.38. The van der Waals surface area contributed by atoms with Crippen molar-refractivity contribution in [1.82, 2.24) is 9.13 Å². The number of carbonyl (C=O) groups is 1. The number of para-hydroxylation sites is 1. The molecule has 4 aromatic rings. The van der Waals surface area contributed by atoms with Gasteiger partial charge in [0.05, 0.1) is 16.7 Å². The fourth-order valence-electron chi connectivity index (χ4n) is 3.34. The molecule has 0 radical (unpaired) electrons. The van der Waals surface area contributed by atoms with E-state index in [2.05, 4.69) is 10.6 Å². The number of aromatic nitrogens is 2. The number of urea groups is 1. The van der Waals surface area contributed by atoms with Crippen molar-refractivity contribution in [3.63, 3.8) is 0 Å². The van der Waals surface area contributed by atoms with Gasteiger partial charge in [0.15, 0.2) is 5.75 Å². The van der Waals surface area contributed by atoms with E-state index in [9.17, 15) is 9.59 Å². The van der Waals surface area contributed by atoms with E-state index in [-0.39, 0.29) is 5.69 Å². The fraction of sp³-hybridized carbons (Fsp3) is 0.130. The summed E-state index contributed by atoms with van der Waals surface area (Å²) < 4.78 is 9.08. The highest BCUT2D eigenvalue weighted by Gasteiger charge is 2.16. The zero-order valence-corrected chi connectivity index (χ0v) is 18.0. The molecule has 3 aromatic carbocycles. The molecule has 31 heavy (non-hydrogen) atoms. The summed E-state index contributed by atoms with van der Waals surface area (Å²) in [4.78, 5) is 25.1. The molecule has 4 rings (SSSR count). The smallest absolute Gasteiger partial charge is 0.328 e. The number of carbonyl (C=O) groups excluding carboxylic acids is 1. The molecule has 158 valence electrons. The molecule has 0 aliphatic rings. The third kappa shape index (κ3) is 4.00. The molecule has 0 aliphatic heterocycles. The molecular formula is C23H21ClN4O3. The van der Waals surface area contributed by atoms with E-state index in [0.717, 1.165) is 5.56 Å². The van der Waals surface area contributed by atoms with Crippen LogP contribution in [0.25, 0.3) is 11.0 Å². The summed E-state index contributed by atoms with van der Waals surface area (Å²) in [5, 5.41) is 6.20. The maximum Gasteiger partial charge on any atom is 0.328 e. The lowest BCUT2D eigenvalue weighted by Crippen LogP contribution is -2.20. The minimum atomic E-state index is -0.455. The first-order valence-corrected chi connectivity index (χ1v) is 9.98. The molecular weight excluding hydrogens is 416 g/mol. The predicted molar refractivity (Wildman–Crippen MR) is 124 cm³/mol. The van der Waals surface area contributed by atoms with E-state index in [0.29, 0.717) is 38.9 Å². The molecule has 0 fully saturated rings. The normalized spacial score (nSPS) is 10.8. The minimum absolute atomic E-state index is 0.170. The number of anilines is 2. The minimum Gasteiger partial charge on any atom is -0.455 e. The largest absolute Gasteiger partial charge is 0.455 e. The summed E-state index contributed by atoms with van der Waals surface area (Å²) in [5.41, 5.74) is 2.98. The van der Waals surface area contributed by atoms with Gasteiger partial charge in [0.1, 0.15) is 5.75 Å². The SMILES string of the molecule is Cc1c(Cl)cccc1NC(=O)Nc1cc2c(cc1Oc1ccccc1)n(C)c(=O)n2C. The molecule has 7 nitrogen and oxygen atoms in total. The van der Waals surface area contributed by atoms with Crippen molar-refractivity contribution < 1.29 is 9.53 Å². The number of benzene rings is 3. The van der Waals surface area contributed by atoms with E-state index >= 15 is 0 Å². The van der Waals surface area contributed by atoms with E-state index in [1.807, 2.05) is 37.3 Å². The maximum atomic E-state index is 12.7. The van der Waals surface area contributed by atoms with Gasteiger partial charge in [-0.25, -0.2) is 9.59 Å². The van der Waals surface area contributed by atoms with Crippen LogP contribution >= 0.6 is 11.6 Å². The number of halogens is 1. The van der Waals surface area contributed by atoms with Crippen LogP contribution in [-0.2, 0) is 14.1 Å². The molecule has 1 heterocycles. The number of hydrogen-bond acceptors (Lipinski definition) is 3. The fourth-order valence-corrected chi connectivity index (χ4v) is 3.52. The second-order valence-electron chi connectivity index (χ2n) is 7.14. The second-order valence-corrected chi connectivity index (χ2v) is 7.55. The van der Waals surface area contributed by atoms with Crippen molar-refractivity contribution in [3.05, 3.63) is 81.7 Å². The van der Waals surface area contributed by atoms with E-state index in [4.69, 9.17) is 16.3 Å². The van der Waals surface area contributed by atoms with E-state index in [1.165, 1.54) is 9.13 Å². The number of nitrogens with zero attached hydrogens (tertiary/aromatic N) is 2. The highest BCUT2D eigenvalue weighted by atomic mass is 35.5. The quantitative estimate of drug-likeness (QED) is 0.457. The number of hydrogen-bond donors (Lipinski definition) is 2. The van der Waals surface area contributed by atoms with Crippen molar-refractivity contribution in [3.8, 4) is 11.5 Å². The van der Waals surface area contributed by atoms with Gasteiger partial charge in [-0.05, 0) is 42.8 Å². The van der Waals surface area contributed by atoms with Gasteiger partial charge < -0.3 is 15.4 Å². The van der Waals surface area contributed by atoms with Crippen LogP contribution in [0.2, 0.25) is 5.02 Å². The maximum absolute atomic E-state index is 12.7. The molecule has 2 amide bonds. The van der Waals surface area contributed by atoms with Crippen LogP contribution in [0.3, 0.4) is 0 Å². The van der Waals surface area contributed by atoms with Gasteiger partial charge in [-0.2, -0.15) is 0 Å². The Labute approximate surface area is 183 Å². The first kappa shape index (κ1) is 20.6. The van der Waals surface area contributed by atoms with E-state index < -0.39 is 6.03 Å². The Kier molecular flexibility index (Phi) is 5.44. The average molecular weight is 437 g/mol. The molecule has 0 atom stereocenters. The average Bonchev–Trinajstić information content (AvgIpc) is 2.96. The first-order chi connectivity index (χ1) is 14.8. The highest BCUT2D eigenvalue weighted by Crippen LogP contribution is 2.34. The van der Waals surface area contributed by atoms with Crippen molar-refractivity contribution in [1.29, 1.82) is 0 Å². The van der Waals surface area contributed by atoms with Gasteiger partial charge >= 0.3 is 11.7 Å². The Morgan fingerprint density at radius 1 is 0.903 bits per heavy atom. The van der Waals surface area contributed by atoms with Crippen LogP contribution in [0.5, 0.6) is 11.5 Å². The van der Waals surface area contributed by atoms with Gasteiger partial charge in [-0.3, -0.25) is 9.13 Å². The van der Waals surface area contributed by atoms with Gasteiger partial charge in [-0.1, -0.05) is 35.9 Å². The molecule has 8 heteroatoms. The molecule has 0 unspecified atom stereocenters. The predicted octanol–water partition coefficient (Wildman–Crippen LogP) is 5.28. The summed E-state index contributed by atoms with van der Waals surface area (Å²) in [6.07, 6.45) is 0. The van der Waals surface area contributed by atoms with Crippen LogP contribution < -0.4 is 21.1 Å². The van der Waals surface area contributed by atoms with Gasteiger partial charge in [0.2, 0.25) is 0 Å². The Morgan fingerprint density at radius 3 is 2.26 bits per heavy atom. The molecule has 0 aliphatic carbocycles. The molecule has 2 N–H and O–H groups in total. The number of imidazole rings is 1. The molecule has 0 saturated carbocycles. The lowest BCUT2D eigenvalue weighted by molar-refractivity contribution is 0.262. The lowest BCUT2D eigenvalue weighted by Gasteiger charge is -2.15. The van der Waals surface area contributed by atoms with Crippen LogP contribution in [-0.4, -0.2) is 15.2 Å². The summed E-state index contributed by atoms with van der Waals surface area (Å²) in [6.45, 7) is 1.83. The van der Waals surface area contributed by atoms with Crippen LogP contribution in [0.15, 0.2) is 65.5 Å². The second kappa shape index (κ2) is 8.20. The number of amides is 2. The third-order valence-corrected chi connectivity index (χ3v) is 5.52. The van der Waals surface area contributed by atoms with Crippen molar-refractivity contribution >= 4 is 40.0 Å². The number of aryl methyl sites for hydroxylation is 2. The van der Waals surface area contributed by atoms with Crippen molar-refractivity contribution in [2.75, 3.05) is 10.6 Å². The molecule has 0 bridgehead atoms. The topological polar surface area (TPSA) is 77.3 Å². The number of fused-ring (bicyclic) bond motifs is 1. The Balaban J connectivity index is 1.73. The van der Waals surface area contributed by atoms with E-state index in [1.54, 1.807) is 44.4 Å². The van der Waals surface area contributed by atoms with Gasteiger partial charge in [0.25, 0.3) is 0 Å². The van der Waals surface area contributed by atoms with Crippen LogP contribution in [0.4, 0.5) is 16.2 Å². The van der Waals surface area contributed by atoms with Gasteiger partial charge in [-0.15, -0.1) is 0 Å². The Morgan fingerprint density at radius 2 is 1.55 bits per heavy atom. The summed E-state index contributed by atoms with van der Waals surface area (Å²) >= 11 is 6.15. The molecule has 0 saturated heterocycles. The Hall–Kier alpha value is -3.71. The summed E-state index contributed by atoms with van der Waals surface area (Å²) in [6, 6.07) is 17.5. The highest BCUT2D eigenvalue weighted by molar-refractivity contribution is 6.31. The third-order valence-electron chi connectivity index (χ3n) is 5.11. The zero-order valence-electron chi connectivity index (χ0n) is 17.3. The van der Waals surface area contributed by atoms with Crippen LogP contribution in [0.1, 0.15) is 5.56 Å². The standard InChI is InChI=1S/C23H21ClN4O3/c1-14-16(24)10-7-11-17(14)25-22(29)26-18-12-19-20(28(3)23(30)27(19)2)13-21(18)31-15-8-5-4-6-9-15/h4-13H,1-3H3,(H2,25,26,29). The monoisotopic (exact) mass is 436 g/mol. The first-order valence-electron chi connectivity index (χ1n) is 9.60. The summed E-state index contributed by atoms with van der Waals surface area (Å²) in [5.74, 6) is 1.02. The van der Waals surface area contributed by atoms with Crippen molar-refractivity contribution in [2.24, 2.45) is 14.1 Å². The molecule has 0 spiro atoms. The number of ether oxygens (including phenoxy) is 1. The lowest BCUT2D eigenvalue weighted by atomic mass is 10.2. The van der Waals surface area contributed by atoms with Crippen LogP contribution in [0, 0.1) is 6.92 Å². The number of nitrogens with one attached hydrogen (secondary N) is 2. The zero-order chi connectivity index (χ0) is 22.1.